The Morgan fingerprint density at radius 1 is 1.04 bits per heavy atom. The van der Waals surface area contributed by atoms with E-state index in [1.807, 2.05) is 13.8 Å². The molecule has 1 aliphatic heterocycles. The van der Waals surface area contributed by atoms with Crippen LogP contribution in [0.4, 0.5) is 0 Å². The van der Waals surface area contributed by atoms with E-state index >= 15 is 0 Å². The van der Waals surface area contributed by atoms with E-state index in [-0.39, 0.29) is 10.7 Å². The molecule has 2 amide bonds. The van der Waals surface area contributed by atoms with Gasteiger partial charge >= 0.3 is 0 Å². The van der Waals surface area contributed by atoms with Crippen molar-refractivity contribution in [2.45, 2.75) is 13.8 Å². The van der Waals surface area contributed by atoms with Crippen LogP contribution in [0.5, 0.6) is 11.5 Å². The van der Waals surface area contributed by atoms with E-state index in [0.29, 0.717) is 34.7 Å². The van der Waals surface area contributed by atoms with Gasteiger partial charge in [0.15, 0.2) is 5.11 Å². The van der Waals surface area contributed by atoms with Gasteiger partial charge in [-0.15, -0.1) is 0 Å². The molecule has 1 heterocycles. The Hall–Kier alpha value is -1.93. The Bertz CT molecular complexity index is 737. The first-order valence-corrected chi connectivity index (χ1v) is 8.92. The van der Waals surface area contributed by atoms with Crippen molar-refractivity contribution in [2.75, 3.05) is 27.3 Å². The Balaban J connectivity index is 2.54. The largest absolute Gasteiger partial charge is 0.493 e. The fourth-order valence-electron chi connectivity index (χ4n) is 2.34. The van der Waals surface area contributed by atoms with E-state index in [9.17, 15) is 9.59 Å². The fraction of sp³-hybridized carbons (Fsp3) is 0.353. The van der Waals surface area contributed by atoms with Gasteiger partial charge in [0.1, 0.15) is 17.1 Å². The number of likely N-dealkylation sites (N-methyl/N-ethyl adjacent to an activating group) is 2. The maximum absolute atomic E-state index is 12.5. The van der Waals surface area contributed by atoms with E-state index in [1.165, 1.54) is 15.9 Å². The average molecular weight is 427 g/mol. The molecule has 2 rings (SSSR count). The Kier molecular flexibility index (Phi) is 6.18. The zero-order valence-electron chi connectivity index (χ0n) is 14.5. The molecule has 8 heteroatoms. The molecule has 1 aliphatic rings. The van der Waals surface area contributed by atoms with Gasteiger partial charge in [-0.2, -0.15) is 0 Å². The molecule has 1 aromatic rings. The van der Waals surface area contributed by atoms with Crippen LogP contribution in [0.1, 0.15) is 19.4 Å². The zero-order valence-corrected chi connectivity index (χ0v) is 16.9. The quantitative estimate of drug-likeness (QED) is 0.411. The first-order chi connectivity index (χ1) is 11.8. The molecule has 134 valence electrons. The second-order valence-corrected chi connectivity index (χ2v) is 6.47. The summed E-state index contributed by atoms with van der Waals surface area (Å²) < 4.78 is 11.9. The Labute approximate surface area is 160 Å². The molecule has 25 heavy (non-hydrogen) atoms. The van der Waals surface area contributed by atoms with Crippen molar-refractivity contribution >= 4 is 51.2 Å². The Morgan fingerprint density at radius 2 is 1.56 bits per heavy atom. The van der Waals surface area contributed by atoms with Crippen LogP contribution in [-0.4, -0.2) is 54.0 Å². The topological polar surface area (TPSA) is 59.1 Å². The van der Waals surface area contributed by atoms with Gasteiger partial charge in [-0.3, -0.25) is 19.4 Å². The van der Waals surface area contributed by atoms with Gasteiger partial charge in [0.25, 0.3) is 11.8 Å². The van der Waals surface area contributed by atoms with Crippen molar-refractivity contribution < 1.29 is 19.1 Å². The van der Waals surface area contributed by atoms with Crippen LogP contribution in [0.2, 0.25) is 0 Å². The maximum Gasteiger partial charge on any atom is 0.265 e. The molecule has 0 saturated carbocycles. The second-order valence-electron chi connectivity index (χ2n) is 5.26. The average Bonchev–Trinajstić information content (AvgIpc) is 2.59. The molecule has 0 unspecified atom stereocenters. The van der Waals surface area contributed by atoms with Crippen LogP contribution < -0.4 is 9.47 Å². The molecule has 0 spiro atoms. The number of hydrogen-bond acceptors (Lipinski definition) is 5. The number of thiocarbonyl (C=S) groups is 1. The predicted molar refractivity (Wildman–Crippen MR) is 103 cm³/mol. The van der Waals surface area contributed by atoms with Crippen LogP contribution in [-0.2, 0) is 9.59 Å². The predicted octanol–water partition coefficient (Wildman–Crippen LogP) is 2.85. The highest BCUT2D eigenvalue weighted by atomic mass is 79.9. The third kappa shape index (κ3) is 3.85. The van der Waals surface area contributed by atoms with Crippen LogP contribution in [0.3, 0.4) is 0 Å². The van der Waals surface area contributed by atoms with Crippen molar-refractivity contribution in [2.24, 2.45) is 0 Å². The summed E-state index contributed by atoms with van der Waals surface area (Å²) >= 11 is 8.53. The van der Waals surface area contributed by atoms with E-state index in [2.05, 4.69) is 15.9 Å². The first kappa shape index (κ1) is 19.4. The highest BCUT2D eigenvalue weighted by Crippen LogP contribution is 2.35. The molecule has 0 N–H and O–H groups in total. The number of hydrogen-bond donors (Lipinski definition) is 0. The van der Waals surface area contributed by atoms with Gasteiger partial charge in [0, 0.05) is 25.7 Å². The summed E-state index contributed by atoms with van der Waals surface area (Å²) in [7, 11) is 3.08. The van der Waals surface area contributed by atoms with Crippen molar-refractivity contribution in [1.29, 1.82) is 0 Å². The Morgan fingerprint density at radius 3 is 2.08 bits per heavy atom. The third-order valence-electron chi connectivity index (χ3n) is 3.61. The van der Waals surface area contributed by atoms with Crippen LogP contribution in [0, 0.1) is 0 Å². The summed E-state index contributed by atoms with van der Waals surface area (Å²) in [6.07, 6.45) is 1.52. The van der Waals surface area contributed by atoms with E-state index in [0.717, 1.165) is 0 Å². The summed E-state index contributed by atoms with van der Waals surface area (Å²) in [5.41, 5.74) is 0.624. The molecule has 1 aromatic carbocycles. The minimum atomic E-state index is -0.444. The molecule has 0 bridgehead atoms. The number of ether oxygens (including phenoxy) is 2. The van der Waals surface area contributed by atoms with Crippen molar-refractivity contribution in [3.8, 4) is 11.5 Å². The highest BCUT2D eigenvalue weighted by molar-refractivity contribution is 9.10. The van der Waals surface area contributed by atoms with Gasteiger partial charge < -0.3 is 9.47 Å². The smallest absolute Gasteiger partial charge is 0.265 e. The number of amides is 2. The van der Waals surface area contributed by atoms with Crippen molar-refractivity contribution in [1.82, 2.24) is 9.80 Å². The van der Waals surface area contributed by atoms with Gasteiger partial charge in [-0.05, 0) is 54.1 Å². The second kappa shape index (κ2) is 7.97. The van der Waals surface area contributed by atoms with Gasteiger partial charge in [0.05, 0.1) is 17.7 Å². The minimum absolute atomic E-state index is 0.0237. The standard InChI is InChI=1S/C17H19BrN2O4S/c1-5-23-13-9-14(24-6-2)12(18)8-10(13)7-11-15(21)19(3)17(25)20(4)16(11)22/h7-9H,5-6H2,1-4H3. The lowest BCUT2D eigenvalue weighted by molar-refractivity contribution is -0.132. The van der Waals surface area contributed by atoms with Gasteiger partial charge in [-0.25, -0.2) is 0 Å². The number of carbonyl (C=O) groups excluding carboxylic acids is 2. The SMILES string of the molecule is CCOc1cc(OCC)c(C=C2C(=O)N(C)C(=S)N(C)C2=O)cc1Br. The van der Waals surface area contributed by atoms with Crippen LogP contribution >= 0.6 is 28.1 Å². The van der Waals surface area contributed by atoms with Crippen molar-refractivity contribution in [3.05, 3.63) is 27.7 Å². The van der Waals surface area contributed by atoms with Gasteiger partial charge in [0.2, 0.25) is 0 Å². The van der Waals surface area contributed by atoms with E-state index < -0.39 is 11.8 Å². The molecule has 0 aromatic heterocycles. The number of carbonyl (C=O) groups is 2. The molecule has 0 aliphatic carbocycles. The van der Waals surface area contributed by atoms with E-state index in [4.69, 9.17) is 21.7 Å². The molecule has 0 radical (unpaired) electrons. The highest BCUT2D eigenvalue weighted by Gasteiger charge is 2.35. The normalized spacial score (nSPS) is 14.9. The summed E-state index contributed by atoms with van der Waals surface area (Å²) in [6.45, 7) is 4.69. The molecule has 1 fully saturated rings. The first-order valence-electron chi connectivity index (χ1n) is 7.72. The number of rotatable bonds is 5. The lowest BCUT2D eigenvalue weighted by Gasteiger charge is -2.31. The third-order valence-corrected chi connectivity index (χ3v) is 4.78. The molecule has 0 atom stereocenters. The maximum atomic E-state index is 12.5. The summed E-state index contributed by atoms with van der Waals surface area (Å²) in [5.74, 6) is 0.270. The molecular formula is C17H19BrN2O4S. The summed E-state index contributed by atoms with van der Waals surface area (Å²) in [6, 6.07) is 3.50. The van der Waals surface area contributed by atoms with Crippen LogP contribution in [0.25, 0.3) is 6.08 Å². The lowest BCUT2D eigenvalue weighted by atomic mass is 10.1. The van der Waals surface area contributed by atoms with E-state index in [1.54, 1.807) is 26.2 Å². The fourth-order valence-corrected chi connectivity index (χ4v) is 2.98. The monoisotopic (exact) mass is 426 g/mol. The molecule has 6 nitrogen and oxygen atoms in total. The number of benzene rings is 1. The minimum Gasteiger partial charge on any atom is -0.493 e. The number of nitrogens with zero attached hydrogens (tertiary/aromatic N) is 2. The van der Waals surface area contributed by atoms with Crippen LogP contribution in [0.15, 0.2) is 22.2 Å². The zero-order chi connectivity index (χ0) is 18.7. The summed E-state index contributed by atoms with van der Waals surface area (Å²) in [4.78, 5) is 27.5. The van der Waals surface area contributed by atoms with Crippen molar-refractivity contribution in [3.63, 3.8) is 0 Å². The molecule has 1 saturated heterocycles. The summed E-state index contributed by atoms with van der Waals surface area (Å²) in [5, 5.41) is 0.171. The number of halogens is 1. The van der Waals surface area contributed by atoms with Gasteiger partial charge in [-0.1, -0.05) is 0 Å². The molecular weight excluding hydrogens is 408 g/mol. The lowest BCUT2D eigenvalue weighted by Crippen LogP contribution is -2.52.